The van der Waals surface area contributed by atoms with Gasteiger partial charge in [0.2, 0.25) is 0 Å². The first-order valence-corrected chi connectivity index (χ1v) is 15.3. The van der Waals surface area contributed by atoms with Crippen LogP contribution in [0.5, 0.6) is 0 Å². The van der Waals surface area contributed by atoms with E-state index in [-0.39, 0.29) is 10.9 Å². The first-order valence-electron chi connectivity index (χ1n) is 8.32. The quantitative estimate of drug-likeness (QED) is 0.150. The van der Waals surface area contributed by atoms with E-state index < -0.39 is 39.1 Å². The second-order valence-electron chi connectivity index (χ2n) is 7.04. The summed E-state index contributed by atoms with van der Waals surface area (Å²) in [7, 11) is 0. The molecule has 10 heteroatoms. The van der Waals surface area contributed by atoms with Gasteiger partial charge in [-0.05, 0) is 0 Å². The third-order valence-electron chi connectivity index (χ3n) is 5.16. The van der Waals surface area contributed by atoms with Gasteiger partial charge >= 0.3 is 168 Å². The Hall–Kier alpha value is 0.0500. The van der Waals surface area contributed by atoms with Crippen LogP contribution in [0, 0.1) is 35.0 Å². The molecule has 3 atom stereocenters. The van der Waals surface area contributed by atoms with Gasteiger partial charge in [0.05, 0.1) is 0 Å². The van der Waals surface area contributed by atoms with Crippen LogP contribution in [0.4, 0.5) is 22.0 Å². The number of allylic oxidation sites excluding steroid dienone is 1. The topological polar surface area (TPSA) is 9.23 Å². The summed E-state index contributed by atoms with van der Waals surface area (Å²) in [6.07, 6.45) is 4.18. The van der Waals surface area contributed by atoms with Gasteiger partial charge in [0.15, 0.2) is 0 Å². The number of halogens is 5. The van der Waals surface area contributed by atoms with Crippen LogP contribution in [0.2, 0.25) is 0 Å². The Bertz CT molecular complexity index is 765. The standard InChI is InChI=1S/C17H20F5OPS3/c1-8(2)9-5-6-17(3)10(7-9)23-24(25-4,27-17)26-16-14(21)12(19)11(18)13(20)15(16)22/h9-10,24H,1,5-7H2,2-4H3/t9-,10+,17+/m1/s1. The molecule has 1 aliphatic carbocycles. The van der Waals surface area contributed by atoms with E-state index in [1.165, 1.54) is 22.8 Å². The summed E-state index contributed by atoms with van der Waals surface area (Å²) in [4.78, 5) is -0.849. The monoisotopic (exact) mass is 462 g/mol. The van der Waals surface area contributed by atoms with E-state index in [0.29, 0.717) is 17.3 Å². The van der Waals surface area contributed by atoms with Gasteiger partial charge in [0.1, 0.15) is 0 Å². The molecule has 1 heterocycles. The van der Waals surface area contributed by atoms with Gasteiger partial charge < -0.3 is 0 Å². The van der Waals surface area contributed by atoms with Crippen molar-refractivity contribution in [2.45, 2.75) is 48.9 Å². The Balaban J connectivity index is 1.94. The molecule has 0 bridgehead atoms. The summed E-state index contributed by atoms with van der Waals surface area (Å²) in [5, 5.41) is -2.95. The van der Waals surface area contributed by atoms with Crippen LogP contribution in [0.3, 0.4) is 0 Å². The van der Waals surface area contributed by atoms with E-state index in [1.807, 2.05) is 6.92 Å². The molecule has 1 saturated carbocycles. The van der Waals surface area contributed by atoms with Crippen LogP contribution in [-0.2, 0) is 4.52 Å². The van der Waals surface area contributed by atoms with Gasteiger partial charge in [-0.2, -0.15) is 0 Å². The molecule has 0 spiro atoms. The van der Waals surface area contributed by atoms with Crippen LogP contribution >= 0.6 is 39.2 Å². The molecule has 1 aliphatic heterocycles. The molecular formula is C17H20F5OPS3. The summed E-state index contributed by atoms with van der Waals surface area (Å²) >= 11 is 3.54. The van der Waals surface area contributed by atoms with Crippen molar-refractivity contribution < 1.29 is 26.5 Å². The third-order valence-corrected chi connectivity index (χ3v) is 20.1. The van der Waals surface area contributed by atoms with Crippen LogP contribution in [0.1, 0.15) is 33.1 Å². The van der Waals surface area contributed by atoms with Crippen molar-refractivity contribution in [2.75, 3.05) is 6.26 Å². The predicted molar refractivity (Wildman–Crippen MR) is 107 cm³/mol. The third kappa shape index (κ3) is 3.79. The minimum atomic E-state index is -2.95. The molecule has 1 saturated heterocycles. The van der Waals surface area contributed by atoms with Crippen molar-refractivity contribution in [3.8, 4) is 0 Å². The fourth-order valence-electron chi connectivity index (χ4n) is 3.44. The van der Waals surface area contributed by atoms with Gasteiger partial charge in [0, 0.05) is 0 Å². The zero-order valence-electron chi connectivity index (χ0n) is 15.0. The molecule has 152 valence electrons. The van der Waals surface area contributed by atoms with E-state index >= 15 is 0 Å². The second kappa shape index (κ2) is 7.71. The summed E-state index contributed by atoms with van der Waals surface area (Å²) in [5.74, 6) is -9.25. The van der Waals surface area contributed by atoms with Gasteiger partial charge in [-0.3, -0.25) is 0 Å². The van der Waals surface area contributed by atoms with Crippen LogP contribution < -0.4 is 0 Å². The number of hydrogen-bond acceptors (Lipinski definition) is 4. The van der Waals surface area contributed by atoms with Crippen molar-refractivity contribution in [3.63, 3.8) is 0 Å². The summed E-state index contributed by atoms with van der Waals surface area (Å²) in [6, 6.07) is 0. The van der Waals surface area contributed by atoms with Crippen LogP contribution in [0.25, 0.3) is 0 Å². The second-order valence-corrected chi connectivity index (χ2v) is 20.4. The molecule has 0 amide bonds. The molecule has 1 nitrogen and oxygen atoms in total. The SMILES string of the molecule is C=C(C)[C@@H]1CC[C@]2(C)S[PH](SC)(Sc3c(F)c(F)c(F)c(F)c3F)O[C@H]2C1. The Morgan fingerprint density at radius 3 is 2.22 bits per heavy atom. The Morgan fingerprint density at radius 1 is 1.15 bits per heavy atom. The van der Waals surface area contributed by atoms with Crippen molar-refractivity contribution in [1.29, 1.82) is 0 Å². The molecule has 2 fully saturated rings. The zero-order chi connectivity index (χ0) is 20.1. The first kappa shape index (κ1) is 21.8. The minimum absolute atomic E-state index is 0.133. The summed E-state index contributed by atoms with van der Waals surface area (Å²) < 4.78 is 75.0. The molecule has 0 unspecified atom stereocenters. The van der Waals surface area contributed by atoms with Gasteiger partial charge in [-0.25, -0.2) is 0 Å². The average molecular weight is 463 g/mol. The predicted octanol–water partition coefficient (Wildman–Crippen LogP) is 7.51. The van der Waals surface area contributed by atoms with Gasteiger partial charge in [-0.1, -0.05) is 0 Å². The Kier molecular flexibility index (Phi) is 6.21. The van der Waals surface area contributed by atoms with Gasteiger partial charge in [-0.15, -0.1) is 0 Å². The van der Waals surface area contributed by atoms with E-state index in [9.17, 15) is 22.0 Å². The maximum atomic E-state index is 14.2. The molecule has 27 heavy (non-hydrogen) atoms. The maximum absolute atomic E-state index is 14.2. The molecule has 2 aliphatic rings. The fourth-order valence-corrected chi connectivity index (χ4v) is 19.1. The molecule has 0 N–H and O–H groups in total. The number of rotatable bonds is 4. The van der Waals surface area contributed by atoms with E-state index in [4.69, 9.17) is 4.52 Å². The van der Waals surface area contributed by atoms with Crippen molar-refractivity contribution in [1.82, 2.24) is 0 Å². The van der Waals surface area contributed by atoms with Gasteiger partial charge in [0.25, 0.3) is 0 Å². The van der Waals surface area contributed by atoms with Crippen molar-refractivity contribution >= 4 is 39.2 Å². The Labute approximate surface area is 167 Å². The van der Waals surface area contributed by atoms with E-state index in [0.717, 1.165) is 24.8 Å². The number of fused-ring (bicyclic) bond motifs is 1. The first-order chi connectivity index (χ1) is 12.5. The molecule has 1 aromatic rings. The summed E-state index contributed by atoms with van der Waals surface area (Å²) in [5.41, 5.74) is 1.07. The van der Waals surface area contributed by atoms with E-state index in [1.54, 1.807) is 6.26 Å². The van der Waals surface area contributed by atoms with Crippen molar-refractivity contribution in [3.05, 3.63) is 41.2 Å². The average Bonchev–Trinajstić information content (AvgIpc) is 2.93. The molecule has 0 radical (unpaired) electrons. The van der Waals surface area contributed by atoms with Crippen LogP contribution in [-0.4, -0.2) is 17.1 Å². The van der Waals surface area contributed by atoms with Crippen LogP contribution in [0.15, 0.2) is 17.0 Å². The summed E-state index contributed by atoms with van der Waals surface area (Å²) in [6.45, 7) is 8.04. The normalized spacial score (nSPS) is 30.8. The Morgan fingerprint density at radius 2 is 1.70 bits per heavy atom. The molecule has 1 aromatic carbocycles. The van der Waals surface area contributed by atoms with Crippen molar-refractivity contribution in [2.24, 2.45) is 5.92 Å². The molecule has 0 aromatic heterocycles. The van der Waals surface area contributed by atoms with E-state index in [2.05, 4.69) is 13.5 Å². The molecule has 3 rings (SSSR count). The fraction of sp³-hybridized carbons (Fsp3) is 0.529. The zero-order valence-corrected chi connectivity index (χ0v) is 18.5. The molecular weight excluding hydrogens is 442 g/mol. The number of hydrogen-bond donors (Lipinski definition) is 0. The number of benzene rings is 1.